The van der Waals surface area contributed by atoms with Gasteiger partial charge in [0.25, 0.3) is 0 Å². The van der Waals surface area contributed by atoms with Crippen LogP contribution in [-0.2, 0) is 0 Å². The van der Waals surface area contributed by atoms with Gasteiger partial charge >= 0.3 is 0 Å². The molecule has 138 valence electrons. The van der Waals surface area contributed by atoms with E-state index in [2.05, 4.69) is 93.2 Å². The van der Waals surface area contributed by atoms with Gasteiger partial charge in [0.1, 0.15) is 0 Å². The van der Waals surface area contributed by atoms with E-state index >= 15 is 0 Å². The van der Waals surface area contributed by atoms with E-state index in [0.717, 1.165) is 26.2 Å². The van der Waals surface area contributed by atoms with Crippen LogP contribution in [0.5, 0.6) is 0 Å². The molecular formula is C23H31N3. The minimum absolute atomic E-state index is 0.972. The number of hydrogen-bond acceptors (Lipinski definition) is 3. The van der Waals surface area contributed by atoms with Crippen molar-refractivity contribution < 1.29 is 0 Å². The summed E-state index contributed by atoms with van der Waals surface area (Å²) in [5.41, 5.74) is 9.18. The van der Waals surface area contributed by atoms with Gasteiger partial charge in [-0.2, -0.15) is 0 Å². The van der Waals surface area contributed by atoms with Gasteiger partial charge < -0.3 is 14.7 Å². The maximum atomic E-state index is 3.62. The van der Waals surface area contributed by atoms with Crippen LogP contribution in [0, 0.1) is 34.4 Å². The first-order chi connectivity index (χ1) is 12.5. The van der Waals surface area contributed by atoms with Gasteiger partial charge in [-0.1, -0.05) is 18.2 Å². The Hall–Kier alpha value is -2.16. The average Bonchev–Trinajstić information content (AvgIpc) is 3.04. The van der Waals surface area contributed by atoms with E-state index in [4.69, 9.17) is 0 Å². The lowest BCUT2D eigenvalue weighted by Gasteiger charge is -2.27. The zero-order chi connectivity index (χ0) is 18.8. The predicted molar refractivity (Wildman–Crippen MR) is 113 cm³/mol. The fourth-order valence-electron chi connectivity index (χ4n) is 4.13. The molecule has 1 fully saturated rings. The maximum Gasteiger partial charge on any atom is 0.208 e. The van der Waals surface area contributed by atoms with Crippen LogP contribution in [0.2, 0.25) is 0 Å². The highest BCUT2D eigenvalue weighted by Crippen LogP contribution is 2.35. The van der Waals surface area contributed by atoms with Gasteiger partial charge in [0.2, 0.25) is 6.67 Å². The highest BCUT2D eigenvalue weighted by atomic mass is 15.4. The highest BCUT2D eigenvalue weighted by molar-refractivity contribution is 5.70. The Balaban J connectivity index is 1.87. The number of aryl methyl sites for hydroxylation is 4. The van der Waals surface area contributed by atoms with E-state index < -0.39 is 0 Å². The molecule has 1 saturated heterocycles. The average molecular weight is 350 g/mol. The smallest absolute Gasteiger partial charge is 0.208 e. The SMILES string of the molecule is CCN(CC)c1cc(C)c(N2[C]N(c3c(C)cccc3C)CC2)c(C)c1. The fraction of sp³-hybridized carbons (Fsp3) is 0.435. The fourth-order valence-corrected chi connectivity index (χ4v) is 4.13. The van der Waals surface area contributed by atoms with E-state index in [0.29, 0.717) is 0 Å². The molecule has 0 unspecified atom stereocenters. The molecule has 1 heterocycles. The van der Waals surface area contributed by atoms with Gasteiger partial charge in [-0.25, -0.2) is 0 Å². The summed E-state index contributed by atoms with van der Waals surface area (Å²) >= 11 is 0. The Labute approximate surface area is 159 Å². The Morgan fingerprint density at radius 2 is 1.27 bits per heavy atom. The number of hydrogen-bond donors (Lipinski definition) is 0. The van der Waals surface area contributed by atoms with Crippen LogP contribution >= 0.6 is 0 Å². The van der Waals surface area contributed by atoms with Crippen molar-refractivity contribution in [2.45, 2.75) is 41.5 Å². The first-order valence-electron chi connectivity index (χ1n) is 9.70. The van der Waals surface area contributed by atoms with Crippen molar-refractivity contribution in [3.63, 3.8) is 0 Å². The van der Waals surface area contributed by atoms with Crippen molar-refractivity contribution in [1.29, 1.82) is 0 Å². The lowest BCUT2D eigenvalue weighted by molar-refractivity contribution is 0.864. The molecule has 0 bridgehead atoms. The van der Waals surface area contributed by atoms with E-state index in [-0.39, 0.29) is 0 Å². The summed E-state index contributed by atoms with van der Waals surface area (Å²) in [6.45, 7) is 20.9. The molecule has 0 atom stereocenters. The van der Waals surface area contributed by atoms with E-state index in [1.165, 1.54) is 39.3 Å². The summed E-state index contributed by atoms with van der Waals surface area (Å²) in [6, 6.07) is 11.1. The summed E-state index contributed by atoms with van der Waals surface area (Å²) < 4.78 is 0. The lowest BCUT2D eigenvalue weighted by atomic mass is 10.1. The van der Waals surface area contributed by atoms with Crippen LogP contribution in [0.1, 0.15) is 36.1 Å². The Kier molecular flexibility index (Phi) is 5.45. The van der Waals surface area contributed by atoms with Crippen molar-refractivity contribution in [3.05, 3.63) is 59.3 Å². The second kappa shape index (κ2) is 7.61. The Bertz CT molecular complexity index is 734. The molecule has 0 spiro atoms. The second-order valence-electron chi connectivity index (χ2n) is 7.24. The number of anilines is 3. The van der Waals surface area contributed by atoms with Crippen molar-refractivity contribution in [3.8, 4) is 0 Å². The van der Waals surface area contributed by atoms with Crippen molar-refractivity contribution in [1.82, 2.24) is 0 Å². The van der Waals surface area contributed by atoms with Gasteiger partial charge in [-0.15, -0.1) is 0 Å². The van der Waals surface area contributed by atoms with Gasteiger partial charge in [0.05, 0.1) is 0 Å². The number of para-hydroxylation sites is 1. The molecule has 0 aromatic heterocycles. The molecule has 3 nitrogen and oxygen atoms in total. The molecule has 3 heteroatoms. The summed E-state index contributed by atoms with van der Waals surface area (Å²) in [5.74, 6) is 0. The number of rotatable bonds is 5. The first kappa shape index (κ1) is 18.6. The molecule has 2 radical (unpaired) electrons. The zero-order valence-corrected chi connectivity index (χ0v) is 17.1. The summed E-state index contributed by atoms with van der Waals surface area (Å²) in [5, 5.41) is 0. The third-order valence-corrected chi connectivity index (χ3v) is 5.37. The summed E-state index contributed by atoms with van der Waals surface area (Å²) in [6.07, 6.45) is 0. The van der Waals surface area contributed by atoms with Crippen LogP contribution < -0.4 is 14.7 Å². The molecule has 26 heavy (non-hydrogen) atoms. The molecule has 0 saturated carbocycles. The molecule has 3 rings (SSSR count). The molecule has 1 aliphatic rings. The zero-order valence-electron chi connectivity index (χ0n) is 17.1. The lowest BCUT2D eigenvalue weighted by Crippen LogP contribution is -2.24. The minimum atomic E-state index is 0.972. The standard InChI is InChI=1S/C23H31N3/c1-7-24(8-2)21-14-19(5)23(20(6)15-21)26-13-12-25(16-26)22-17(3)10-9-11-18(22)4/h9-11,14-15H,7-8,12-13H2,1-6H3. The van der Waals surface area contributed by atoms with Crippen LogP contribution in [0.3, 0.4) is 0 Å². The molecular weight excluding hydrogens is 318 g/mol. The summed E-state index contributed by atoms with van der Waals surface area (Å²) in [4.78, 5) is 6.98. The molecule has 0 N–H and O–H groups in total. The van der Waals surface area contributed by atoms with E-state index in [9.17, 15) is 0 Å². The summed E-state index contributed by atoms with van der Waals surface area (Å²) in [7, 11) is 0. The normalized spacial score (nSPS) is 14.2. The largest absolute Gasteiger partial charge is 0.372 e. The first-order valence-corrected chi connectivity index (χ1v) is 9.70. The maximum absolute atomic E-state index is 3.62. The monoisotopic (exact) mass is 349 g/mol. The van der Waals surface area contributed by atoms with Crippen LogP contribution in [0.25, 0.3) is 0 Å². The Morgan fingerprint density at radius 3 is 1.73 bits per heavy atom. The van der Waals surface area contributed by atoms with Crippen LogP contribution in [-0.4, -0.2) is 26.2 Å². The van der Waals surface area contributed by atoms with Gasteiger partial charge in [0.15, 0.2) is 0 Å². The Morgan fingerprint density at radius 1 is 0.808 bits per heavy atom. The minimum Gasteiger partial charge on any atom is -0.372 e. The second-order valence-corrected chi connectivity index (χ2v) is 7.24. The highest BCUT2D eigenvalue weighted by Gasteiger charge is 2.27. The van der Waals surface area contributed by atoms with E-state index in [1.54, 1.807) is 0 Å². The number of benzene rings is 2. The molecule has 2 aromatic rings. The molecule has 0 amide bonds. The third kappa shape index (κ3) is 3.40. The van der Waals surface area contributed by atoms with Gasteiger partial charge in [-0.05, 0) is 75.9 Å². The topological polar surface area (TPSA) is 9.72 Å². The third-order valence-electron chi connectivity index (χ3n) is 5.37. The van der Waals surface area contributed by atoms with Gasteiger partial charge in [-0.3, -0.25) is 0 Å². The van der Waals surface area contributed by atoms with Crippen LogP contribution in [0.15, 0.2) is 30.3 Å². The molecule has 1 aliphatic heterocycles. The molecule has 2 aromatic carbocycles. The predicted octanol–water partition coefficient (Wildman–Crippen LogP) is 5.09. The van der Waals surface area contributed by atoms with Crippen LogP contribution in [0.4, 0.5) is 17.1 Å². The quantitative estimate of drug-likeness (QED) is 0.744. The van der Waals surface area contributed by atoms with Crippen molar-refractivity contribution in [2.24, 2.45) is 0 Å². The van der Waals surface area contributed by atoms with E-state index in [1.807, 2.05) is 0 Å². The van der Waals surface area contributed by atoms with Gasteiger partial charge in [0, 0.05) is 43.2 Å². The molecule has 0 aliphatic carbocycles. The van der Waals surface area contributed by atoms with Crippen molar-refractivity contribution >= 4 is 17.1 Å². The number of nitrogens with zero attached hydrogens (tertiary/aromatic N) is 3. The van der Waals surface area contributed by atoms with Crippen molar-refractivity contribution in [2.75, 3.05) is 40.9 Å².